The molecule has 0 spiro atoms. The number of hydrogen-bond acceptors (Lipinski definition) is 2. The van der Waals surface area contributed by atoms with Crippen LogP contribution in [0.5, 0.6) is 0 Å². The maximum atomic E-state index is 12.1. The van der Waals surface area contributed by atoms with Crippen LogP contribution in [0.3, 0.4) is 0 Å². The smallest absolute Gasteiger partial charge is 0.226 e. The molecule has 0 radical (unpaired) electrons. The highest BCUT2D eigenvalue weighted by molar-refractivity contribution is 5.78. The first-order chi connectivity index (χ1) is 9.70. The Morgan fingerprint density at radius 3 is 2.60 bits per heavy atom. The average Bonchev–Trinajstić information content (AvgIpc) is 2.48. The highest BCUT2D eigenvalue weighted by Gasteiger charge is 2.25. The van der Waals surface area contributed by atoms with Crippen LogP contribution in [0.2, 0.25) is 0 Å². The second kappa shape index (κ2) is 7.09. The van der Waals surface area contributed by atoms with Crippen molar-refractivity contribution in [3.05, 3.63) is 35.9 Å². The minimum absolute atomic E-state index is 0.143. The van der Waals surface area contributed by atoms with Crippen LogP contribution in [0.1, 0.15) is 31.7 Å². The Kier molecular flexibility index (Phi) is 5.17. The van der Waals surface area contributed by atoms with E-state index in [4.69, 9.17) is 5.26 Å². The number of carbonyl (C=O) groups is 1. The molecule has 20 heavy (non-hydrogen) atoms. The summed E-state index contributed by atoms with van der Waals surface area (Å²) >= 11 is 0. The number of piperidine rings is 1. The third kappa shape index (κ3) is 3.84. The fourth-order valence-electron chi connectivity index (χ4n) is 2.84. The fourth-order valence-corrected chi connectivity index (χ4v) is 2.84. The molecule has 0 aliphatic carbocycles. The van der Waals surface area contributed by atoms with Crippen molar-refractivity contribution in [3.63, 3.8) is 0 Å². The quantitative estimate of drug-likeness (QED) is 0.844. The molecule has 1 heterocycles. The second-order valence-corrected chi connectivity index (χ2v) is 5.72. The lowest BCUT2D eigenvalue weighted by Gasteiger charge is -2.33. The maximum Gasteiger partial charge on any atom is 0.226 e. The highest BCUT2D eigenvalue weighted by Crippen LogP contribution is 2.23. The number of carbonyl (C=O) groups excluding carboxylic acids is 1. The highest BCUT2D eigenvalue weighted by atomic mass is 16.2. The van der Waals surface area contributed by atoms with Crippen LogP contribution < -0.4 is 0 Å². The molecule has 3 heteroatoms. The number of likely N-dealkylation sites (tertiary alicyclic amines) is 1. The van der Waals surface area contributed by atoms with Gasteiger partial charge >= 0.3 is 0 Å². The number of benzene rings is 1. The zero-order valence-electron chi connectivity index (χ0n) is 12.1. The summed E-state index contributed by atoms with van der Waals surface area (Å²) in [6.07, 6.45) is 3.57. The van der Waals surface area contributed by atoms with Crippen molar-refractivity contribution in [2.75, 3.05) is 13.1 Å². The second-order valence-electron chi connectivity index (χ2n) is 5.72. The predicted molar refractivity (Wildman–Crippen MR) is 78.8 cm³/mol. The lowest BCUT2D eigenvalue weighted by molar-refractivity contribution is -0.136. The zero-order valence-corrected chi connectivity index (χ0v) is 12.1. The first kappa shape index (κ1) is 14.6. The van der Waals surface area contributed by atoms with E-state index in [2.05, 4.69) is 30.3 Å². The van der Waals surface area contributed by atoms with E-state index in [1.807, 2.05) is 17.9 Å². The Morgan fingerprint density at radius 2 is 2.00 bits per heavy atom. The molecular formula is C17H22N2O. The Balaban J connectivity index is 1.81. The van der Waals surface area contributed by atoms with Crippen LogP contribution >= 0.6 is 0 Å². The summed E-state index contributed by atoms with van der Waals surface area (Å²) < 4.78 is 0. The van der Waals surface area contributed by atoms with Crippen molar-refractivity contribution in [2.45, 2.75) is 32.6 Å². The largest absolute Gasteiger partial charge is 0.342 e. The van der Waals surface area contributed by atoms with Crippen LogP contribution in [0.4, 0.5) is 0 Å². The lowest BCUT2D eigenvalue weighted by Crippen LogP contribution is -2.41. The van der Waals surface area contributed by atoms with Crippen LogP contribution in [0.15, 0.2) is 30.3 Å². The summed E-state index contributed by atoms with van der Waals surface area (Å²) in [5.41, 5.74) is 1.38. The minimum atomic E-state index is -0.161. The van der Waals surface area contributed by atoms with Gasteiger partial charge in [-0.25, -0.2) is 0 Å². The summed E-state index contributed by atoms with van der Waals surface area (Å²) in [6, 6.07) is 12.6. The number of nitriles is 1. The fraction of sp³-hybridized carbons (Fsp3) is 0.529. The van der Waals surface area contributed by atoms with Crippen LogP contribution in [-0.2, 0) is 11.2 Å². The summed E-state index contributed by atoms with van der Waals surface area (Å²) in [5, 5.41) is 8.67. The molecule has 0 saturated carbocycles. The van der Waals surface area contributed by atoms with Crippen molar-refractivity contribution in [3.8, 4) is 6.07 Å². The van der Waals surface area contributed by atoms with Gasteiger partial charge in [0.1, 0.15) is 0 Å². The lowest BCUT2D eigenvalue weighted by atomic mass is 9.89. The number of rotatable bonds is 4. The SMILES string of the molecule is CC(CC#N)C(=O)N1CCC(Cc2ccccc2)CC1. The number of amides is 1. The molecule has 1 fully saturated rings. The average molecular weight is 270 g/mol. The van der Waals surface area contributed by atoms with E-state index in [1.165, 1.54) is 5.56 Å². The zero-order chi connectivity index (χ0) is 14.4. The van der Waals surface area contributed by atoms with Gasteiger partial charge in [-0.05, 0) is 30.7 Å². The topological polar surface area (TPSA) is 44.1 Å². The van der Waals surface area contributed by atoms with E-state index in [-0.39, 0.29) is 11.8 Å². The van der Waals surface area contributed by atoms with Crippen molar-refractivity contribution in [1.29, 1.82) is 5.26 Å². The first-order valence-corrected chi connectivity index (χ1v) is 7.40. The van der Waals surface area contributed by atoms with E-state index < -0.39 is 0 Å². The van der Waals surface area contributed by atoms with E-state index >= 15 is 0 Å². The molecule has 1 aromatic rings. The minimum Gasteiger partial charge on any atom is -0.342 e. The number of hydrogen-bond donors (Lipinski definition) is 0. The molecule has 0 aromatic heterocycles. The van der Waals surface area contributed by atoms with Gasteiger partial charge in [-0.15, -0.1) is 0 Å². The molecule has 0 N–H and O–H groups in total. The van der Waals surface area contributed by atoms with Gasteiger partial charge in [0, 0.05) is 25.4 Å². The number of nitrogens with zero attached hydrogens (tertiary/aromatic N) is 2. The molecule has 1 aliphatic rings. The van der Waals surface area contributed by atoms with Gasteiger partial charge in [0.05, 0.1) is 6.07 Å². The van der Waals surface area contributed by atoms with Gasteiger partial charge in [-0.1, -0.05) is 37.3 Å². The first-order valence-electron chi connectivity index (χ1n) is 7.40. The Hall–Kier alpha value is -1.82. The summed E-state index contributed by atoms with van der Waals surface area (Å²) in [5.74, 6) is 0.656. The molecule has 1 atom stereocenters. The van der Waals surface area contributed by atoms with Crippen molar-refractivity contribution < 1.29 is 4.79 Å². The molecular weight excluding hydrogens is 248 g/mol. The Morgan fingerprint density at radius 1 is 1.35 bits per heavy atom. The van der Waals surface area contributed by atoms with Crippen molar-refractivity contribution in [1.82, 2.24) is 4.90 Å². The van der Waals surface area contributed by atoms with Gasteiger partial charge in [-0.3, -0.25) is 4.79 Å². The molecule has 1 saturated heterocycles. The molecule has 1 aromatic carbocycles. The third-order valence-electron chi connectivity index (χ3n) is 4.11. The van der Waals surface area contributed by atoms with E-state index in [1.54, 1.807) is 0 Å². The summed E-state index contributed by atoms with van der Waals surface area (Å²) in [4.78, 5) is 14.1. The van der Waals surface area contributed by atoms with Gasteiger partial charge in [0.2, 0.25) is 5.91 Å². The normalized spacial score (nSPS) is 17.5. The van der Waals surface area contributed by atoms with Gasteiger partial charge < -0.3 is 4.90 Å². The van der Waals surface area contributed by atoms with E-state index in [0.29, 0.717) is 12.3 Å². The van der Waals surface area contributed by atoms with Crippen LogP contribution in [-0.4, -0.2) is 23.9 Å². The van der Waals surface area contributed by atoms with E-state index in [9.17, 15) is 4.79 Å². The van der Waals surface area contributed by atoms with Crippen molar-refractivity contribution in [2.24, 2.45) is 11.8 Å². The van der Waals surface area contributed by atoms with Crippen LogP contribution in [0.25, 0.3) is 0 Å². The molecule has 1 unspecified atom stereocenters. The molecule has 3 nitrogen and oxygen atoms in total. The van der Waals surface area contributed by atoms with Gasteiger partial charge in [0.15, 0.2) is 0 Å². The third-order valence-corrected chi connectivity index (χ3v) is 4.11. The standard InChI is InChI=1S/C17H22N2O/c1-14(7-10-18)17(20)19-11-8-16(9-12-19)13-15-5-3-2-4-6-15/h2-6,14,16H,7-9,11-13H2,1H3. The van der Waals surface area contributed by atoms with Crippen molar-refractivity contribution >= 4 is 5.91 Å². The molecule has 1 aliphatic heterocycles. The molecule has 0 bridgehead atoms. The molecule has 2 rings (SSSR count). The van der Waals surface area contributed by atoms with Gasteiger partial charge in [0.25, 0.3) is 0 Å². The monoisotopic (exact) mass is 270 g/mol. The molecule has 106 valence electrons. The van der Waals surface area contributed by atoms with Crippen LogP contribution in [0, 0.1) is 23.2 Å². The Labute approximate surface area is 121 Å². The molecule has 1 amide bonds. The summed E-state index contributed by atoms with van der Waals surface area (Å²) in [7, 11) is 0. The Bertz CT molecular complexity index is 470. The maximum absolute atomic E-state index is 12.1. The predicted octanol–water partition coefficient (Wildman–Crippen LogP) is 3.02. The van der Waals surface area contributed by atoms with Gasteiger partial charge in [-0.2, -0.15) is 5.26 Å². The summed E-state index contributed by atoms with van der Waals surface area (Å²) in [6.45, 7) is 3.53. The van der Waals surface area contributed by atoms with E-state index in [0.717, 1.165) is 32.4 Å².